The van der Waals surface area contributed by atoms with Crippen molar-refractivity contribution < 1.29 is 4.92 Å². The second-order valence-corrected chi connectivity index (χ2v) is 5.24. The monoisotopic (exact) mass is 298 g/mol. The summed E-state index contributed by atoms with van der Waals surface area (Å²) in [7, 11) is 0. The molecule has 0 radical (unpaired) electrons. The molecule has 0 aliphatic carbocycles. The SMILES string of the molecule is N=c1sc(-c2ccccc2)nn1-c1ccc([N+](=O)[O-])cc1. The van der Waals surface area contributed by atoms with Crippen LogP contribution in [0, 0.1) is 15.5 Å². The molecule has 3 rings (SSSR count). The molecule has 0 aliphatic rings. The molecule has 0 saturated heterocycles. The first-order valence-corrected chi connectivity index (χ1v) is 6.92. The van der Waals surface area contributed by atoms with E-state index >= 15 is 0 Å². The lowest BCUT2D eigenvalue weighted by Gasteiger charge is -2.00. The van der Waals surface area contributed by atoms with Crippen molar-refractivity contribution in [3.8, 4) is 16.3 Å². The fourth-order valence-electron chi connectivity index (χ4n) is 1.88. The van der Waals surface area contributed by atoms with Crippen molar-refractivity contribution in [2.75, 3.05) is 0 Å². The summed E-state index contributed by atoms with van der Waals surface area (Å²) < 4.78 is 1.47. The Kier molecular flexibility index (Phi) is 3.33. The number of aromatic nitrogens is 2. The summed E-state index contributed by atoms with van der Waals surface area (Å²) in [5.74, 6) is 0. The van der Waals surface area contributed by atoms with Gasteiger partial charge in [-0.05, 0) is 12.1 Å². The quantitative estimate of drug-likeness (QED) is 0.596. The fraction of sp³-hybridized carbons (Fsp3) is 0. The van der Waals surface area contributed by atoms with Gasteiger partial charge in [-0.2, -0.15) is 5.10 Å². The van der Waals surface area contributed by atoms with Crippen LogP contribution < -0.4 is 4.80 Å². The Balaban J connectivity index is 2.02. The molecule has 0 bridgehead atoms. The highest BCUT2D eigenvalue weighted by atomic mass is 32.1. The Bertz CT molecular complexity index is 837. The number of non-ortho nitro benzene ring substituents is 1. The molecule has 104 valence electrons. The van der Waals surface area contributed by atoms with E-state index in [-0.39, 0.29) is 10.5 Å². The van der Waals surface area contributed by atoms with Gasteiger partial charge in [0.1, 0.15) is 5.01 Å². The third-order valence-electron chi connectivity index (χ3n) is 2.90. The molecule has 0 amide bonds. The lowest BCUT2D eigenvalue weighted by Crippen LogP contribution is -2.12. The van der Waals surface area contributed by atoms with Gasteiger partial charge in [0.25, 0.3) is 5.69 Å². The highest BCUT2D eigenvalue weighted by Gasteiger charge is 2.09. The van der Waals surface area contributed by atoms with E-state index in [1.807, 2.05) is 30.3 Å². The van der Waals surface area contributed by atoms with Gasteiger partial charge >= 0.3 is 0 Å². The molecule has 0 fully saturated rings. The average molecular weight is 298 g/mol. The van der Waals surface area contributed by atoms with Crippen LogP contribution in [0.1, 0.15) is 0 Å². The maximum absolute atomic E-state index is 10.7. The van der Waals surface area contributed by atoms with Crippen LogP contribution >= 0.6 is 11.3 Å². The number of hydrogen-bond donors (Lipinski definition) is 1. The molecule has 0 atom stereocenters. The van der Waals surface area contributed by atoms with E-state index < -0.39 is 4.92 Å². The van der Waals surface area contributed by atoms with Gasteiger partial charge in [0.05, 0.1) is 10.6 Å². The molecule has 0 saturated carbocycles. The minimum Gasteiger partial charge on any atom is -0.273 e. The van der Waals surface area contributed by atoms with E-state index in [0.29, 0.717) is 5.69 Å². The van der Waals surface area contributed by atoms with Crippen LogP contribution in [-0.4, -0.2) is 14.7 Å². The van der Waals surface area contributed by atoms with Crippen LogP contribution in [0.15, 0.2) is 54.6 Å². The molecule has 1 aromatic heterocycles. The van der Waals surface area contributed by atoms with Crippen LogP contribution in [-0.2, 0) is 0 Å². The van der Waals surface area contributed by atoms with E-state index in [4.69, 9.17) is 5.41 Å². The van der Waals surface area contributed by atoms with Crippen LogP contribution in [0.2, 0.25) is 0 Å². The van der Waals surface area contributed by atoms with E-state index in [0.717, 1.165) is 10.6 Å². The third kappa shape index (κ3) is 2.59. The van der Waals surface area contributed by atoms with Gasteiger partial charge in [0.2, 0.25) is 4.80 Å². The van der Waals surface area contributed by atoms with Gasteiger partial charge in [-0.25, -0.2) is 4.68 Å². The number of nitro groups is 1. The Morgan fingerprint density at radius 3 is 2.38 bits per heavy atom. The number of hydrogen-bond acceptors (Lipinski definition) is 5. The first kappa shape index (κ1) is 13.2. The molecule has 0 spiro atoms. The molecule has 1 heterocycles. The van der Waals surface area contributed by atoms with E-state index in [2.05, 4.69) is 5.10 Å². The zero-order valence-electron chi connectivity index (χ0n) is 10.8. The fourth-order valence-corrected chi connectivity index (χ4v) is 2.67. The predicted octanol–water partition coefficient (Wildman–Crippen LogP) is 2.99. The van der Waals surface area contributed by atoms with Crippen molar-refractivity contribution in [2.45, 2.75) is 0 Å². The largest absolute Gasteiger partial charge is 0.273 e. The van der Waals surface area contributed by atoms with E-state index in [9.17, 15) is 10.1 Å². The lowest BCUT2D eigenvalue weighted by molar-refractivity contribution is -0.384. The average Bonchev–Trinajstić information content (AvgIpc) is 2.90. The number of nitrogens with one attached hydrogen (secondary N) is 1. The van der Waals surface area contributed by atoms with Crippen LogP contribution in [0.25, 0.3) is 16.3 Å². The molecule has 6 nitrogen and oxygen atoms in total. The van der Waals surface area contributed by atoms with Gasteiger partial charge in [0.15, 0.2) is 0 Å². The summed E-state index contributed by atoms with van der Waals surface area (Å²) in [5.41, 5.74) is 1.59. The summed E-state index contributed by atoms with van der Waals surface area (Å²) in [6.45, 7) is 0. The Labute approximate surface area is 123 Å². The Morgan fingerprint density at radius 2 is 1.76 bits per heavy atom. The molecule has 3 aromatic rings. The summed E-state index contributed by atoms with van der Waals surface area (Å²) in [5, 5.41) is 23.8. The summed E-state index contributed by atoms with van der Waals surface area (Å²) in [4.78, 5) is 10.5. The number of rotatable bonds is 3. The smallest absolute Gasteiger partial charge is 0.269 e. The number of nitrogens with zero attached hydrogens (tertiary/aromatic N) is 3. The summed E-state index contributed by atoms with van der Waals surface area (Å²) in [6, 6.07) is 15.6. The second-order valence-electron chi connectivity index (χ2n) is 4.26. The summed E-state index contributed by atoms with van der Waals surface area (Å²) in [6.07, 6.45) is 0. The molecule has 0 aliphatic heterocycles. The van der Waals surface area contributed by atoms with Gasteiger partial charge in [-0.1, -0.05) is 41.7 Å². The lowest BCUT2D eigenvalue weighted by atomic mass is 10.2. The summed E-state index contributed by atoms with van der Waals surface area (Å²) >= 11 is 1.26. The second kappa shape index (κ2) is 5.29. The van der Waals surface area contributed by atoms with Crippen molar-refractivity contribution in [1.29, 1.82) is 5.41 Å². The minimum atomic E-state index is -0.452. The zero-order chi connectivity index (χ0) is 14.8. The Morgan fingerprint density at radius 1 is 1.10 bits per heavy atom. The maximum atomic E-state index is 10.7. The predicted molar refractivity (Wildman–Crippen MR) is 79.4 cm³/mol. The van der Waals surface area contributed by atoms with Gasteiger partial charge in [-0.15, -0.1) is 0 Å². The first-order chi connectivity index (χ1) is 10.1. The van der Waals surface area contributed by atoms with E-state index in [1.165, 1.54) is 28.2 Å². The molecule has 21 heavy (non-hydrogen) atoms. The van der Waals surface area contributed by atoms with Crippen molar-refractivity contribution in [1.82, 2.24) is 9.78 Å². The van der Waals surface area contributed by atoms with Crippen LogP contribution in [0.5, 0.6) is 0 Å². The highest BCUT2D eigenvalue weighted by Crippen LogP contribution is 2.20. The third-order valence-corrected chi connectivity index (χ3v) is 3.78. The number of nitro benzene ring substituents is 1. The van der Waals surface area contributed by atoms with Crippen molar-refractivity contribution in [2.24, 2.45) is 0 Å². The minimum absolute atomic E-state index is 0.0180. The molecule has 7 heteroatoms. The highest BCUT2D eigenvalue weighted by molar-refractivity contribution is 7.12. The van der Waals surface area contributed by atoms with Crippen molar-refractivity contribution in [3.05, 3.63) is 69.5 Å². The first-order valence-electron chi connectivity index (χ1n) is 6.10. The Hall–Kier alpha value is -2.80. The molecular weight excluding hydrogens is 288 g/mol. The standard InChI is InChI=1S/C14H10N4O2S/c15-14-17(11-6-8-12(9-7-11)18(19)20)16-13(21-14)10-4-2-1-3-5-10/h1-9,15H. The van der Waals surface area contributed by atoms with E-state index in [1.54, 1.807) is 12.1 Å². The van der Waals surface area contributed by atoms with Gasteiger partial charge in [0, 0.05) is 17.7 Å². The zero-order valence-corrected chi connectivity index (χ0v) is 11.6. The molecule has 0 unspecified atom stereocenters. The van der Waals surface area contributed by atoms with Gasteiger partial charge in [-0.3, -0.25) is 15.5 Å². The van der Waals surface area contributed by atoms with Gasteiger partial charge < -0.3 is 0 Å². The normalized spacial score (nSPS) is 10.5. The van der Waals surface area contributed by atoms with Crippen LogP contribution in [0.4, 0.5) is 5.69 Å². The molecular formula is C14H10N4O2S. The maximum Gasteiger partial charge on any atom is 0.269 e. The molecule has 2 aromatic carbocycles. The number of benzene rings is 2. The van der Waals surface area contributed by atoms with Crippen molar-refractivity contribution in [3.63, 3.8) is 0 Å². The molecule has 1 N–H and O–H groups in total. The van der Waals surface area contributed by atoms with Crippen LogP contribution in [0.3, 0.4) is 0 Å². The van der Waals surface area contributed by atoms with Crippen molar-refractivity contribution >= 4 is 17.0 Å². The topological polar surface area (TPSA) is 84.8 Å².